The van der Waals surface area contributed by atoms with Crippen molar-refractivity contribution in [3.8, 4) is 6.07 Å². The van der Waals surface area contributed by atoms with Crippen LogP contribution in [0.4, 0.5) is 15.4 Å². The van der Waals surface area contributed by atoms with Gasteiger partial charge in [-0.05, 0) is 67.1 Å². The minimum atomic E-state index is -0.684. The number of nitriles is 1. The molecule has 0 aliphatic heterocycles. The van der Waals surface area contributed by atoms with E-state index in [2.05, 4.69) is 30.6 Å². The van der Waals surface area contributed by atoms with Crippen molar-refractivity contribution in [2.45, 2.75) is 70.9 Å². The first-order valence-electron chi connectivity index (χ1n) is 12.0. The third-order valence-corrected chi connectivity index (χ3v) is 5.53. The Morgan fingerprint density at radius 2 is 1.94 bits per heavy atom. The fourth-order valence-corrected chi connectivity index (χ4v) is 3.96. The molecule has 3 rings (SSSR count). The summed E-state index contributed by atoms with van der Waals surface area (Å²) < 4.78 is 6.72. The molecule has 190 valence electrons. The number of nitrogens with one attached hydrogen (secondary N) is 2. The summed E-state index contributed by atoms with van der Waals surface area (Å²) in [7, 11) is 4.01. The summed E-state index contributed by atoms with van der Waals surface area (Å²) in [5.74, 6) is 0.142. The number of unbranched alkanes of at least 4 members (excludes halogenated alkanes) is 1. The van der Waals surface area contributed by atoms with Gasteiger partial charge in [0.15, 0.2) is 17.0 Å². The molecule has 0 unspecified atom stereocenters. The first-order valence-corrected chi connectivity index (χ1v) is 12.0. The summed E-state index contributed by atoms with van der Waals surface area (Å²) in [4.78, 5) is 40.6. The highest BCUT2D eigenvalue weighted by Crippen LogP contribution is 2.30. The molecule has 0 aromatic carbocycles. The van der Waals surface area contributed by atoms with Crippen molar-refractivity contribution in [2.75, 3.05) is 32.2 Å². The van der Waals surface area contributed by atoms with Gasteiger partial charge in [0.1, 0.15) is 18.0 Å². The van der Waals surface area contributed by atoms with Gasteiger partial charge >= 0.3 is 12.1 Å². The van der Waals surface area contributed by atoms with Crippen LogP contribution in [0.2, 0.25) is 0 Å². The molecule has 12 nitrogen and oxygen atoms in total. The number of hydrogen-bond donors (Lipinski definition) is 2. The first kappa shape index (κ1) is 26.2. The Morgan fingerprint density at radius 3 is 2.57 bits per heavy atom. The number of ether oxygens (including phenoxy) is 1. The molecule has 1 aliphatic rings. The van der Waals surface area contributed by atoms with Gasteiger partial charge < -0.3 is 15.0 Å². The Hall–Kier alpha value is -3.46. The van der Waals surface area contributed by atoms with Gasteiger partial charge in [-0.3, -0.25) is 5.01 Å². The SMILES string of the molecule is CN(C)CCCCNC(=O)n1cnc2c(N(NC(=O)OC(C)(C)C)C3CCCC3)nc(C#N)nc21. The van der Waals surface area contributed by atoms with Crippen LogP contribution >= 0.6 is 0 Å². The van der Waals surface area contributed by atoms with Crippen molar-refractivity contribution in [1.82, 2.24) is 35.2 Å². The monoisotopic (exact) mass is 485 g/mol. The van der Waals surface area contributed by atoms with E-state index in [0.29, 0.717) is 12.1 Å². The zero-order chi connectivity index (χ0) is 25.6. The van der Waals surface area contributed by atoms with Gasteiger partial charge in [-0.15, -0.1) is 0 Å². The molecule has 2 aromatic rings. The van der Waals surface area contributed by atoms with Gasteiger partial charge in [-0.2, -0.15) is 15.2 Å². The number of hydrogen-bond acceptors (Lipinski definition) is 9. The lowest BCUT2D eigenvalue weighted by molar-refractivity contribution is 0.0514. The maximum Gasteiger partial charge on any atom is 0.426 e. The lowest BCUT2D eigenvalue weighted by atomic mass is 10.2. The number of rotatable bonds is 8. The van der Waals surface area contributed by atoms with E-state index in [-0.39, 0.29) is 23.3 Å². The van der Waals surface area contributed by atoms with Crippen molar-refractivity contribution in [3.63, 3.8) is 0 Å². The molecule has 12 heteroatoms. The second-order valence-electron chi connectivity index (χ2n) is 9.93. The number of aromatic nitrogens is 4. The van der Waals surface area contributed by atoms with Gasteiger partial charge in [0.25, 0.3) is 0 Å². The van der Waals surface area contributed by atoms with Gasteiger partial charge in [0, 0.05) is 6.54 Å². The molecule has 0 spiro atoms. The molecule has 0 bridgehead atoms. The lowest BCUT2D eigenvalue weighted by Gasteiger charge is -2.31. The number of nitrogens with zero attached hydrogens (tertiary/aromatic N) is 7. The molecule has 1 aliphatic carbocycles. The van der Waals surface area contributed by atoms with Crippen LogP contribution in [0.5, 0.6) is 0 Å². The lowest BCUT2D eigenvalue weighted by Crippen LogP contribution is -2.50. The van der Waals surface area contributed by atoms with E-state index < -0.39 is 17.7 Å². The minimum Gasteiger partial charge on any atom is -0.443 e. The summed E-state index contributed by atoms with van der Waals surface area (Å²) in [5.41, 5.74) is 2.62. The predicted octanol–water partition coefficient (Wildman–Crippen LogP) is 2.79. The average Bonchev–Trinajstić information content (AvgIpc) is 3.45. The molecule has 0 radical (unpaired) electrons. The number of carbonyl (C=O) groups is 2. The fourth-order valence-electron chi connectivity index (χ4n) is 3.96. The van der Waals surface area contributed by atoms with Crippen molar-refractivity contribution >= 4 is 29.1 Å². The Bertz CT molecular complexity index is 1080. The van der Waals surface area contributed by atoms with Crippen LogP contribution in [0.15, 0.2) is 6.33 Å². The van der Waals surface area contributed by atoms with Gasteiger partial charge in [0.2, 0.25) is 5.82 Å². The molecule has 0 saturated heterocycles. The van der Waals surface area contributed by atoms with Crippen LogP contribution in [0.3, 0.4) is 0 Å². The molecule has 2 aromatic heterocycles. The second kappa shape index (κ2) is 11.3. The molecule has 1 fully saturated rings. The minimum absolute atomic E-state index is 0.0529. The highest BCUT2D eigenvalue weighted by molar-refractivity contribution is 5.92. The van der Waals surface area contributed by atoms with Crippen LogP contribution in [0.25, 0.3) is 11.2 Å². The third-order valence-electron chi connectivity index (χ3n) is 5.53. The quantitative estimate of drug-likeness (QED) is 0.426. The number of imidazole rings is 1. The first-order chi connectivity index (χ1) is 16.6. The Morgan fingerprint density at radius 1 is 1.23 bits per heavy atom. The Balaban J connectivity index is 1.90. The molecule has 2 amide bonds. The van der Waals surface area contributed by atoms with Gasteiger partial charge in [0.05, 0.1) is 6.04 Å². The fraction of sp³-hybridized carbons (Fsp3) is 0.652. The molecule has 2 heterocycles. The van der Waals surface area contributed by atoms with E-state index in [1.165, 1.54) is 10.9 Å². The van der Waals surface area contributed by atoms with E-state index in [1.807, 2.05) is 20.2 Å². The maximum absolute atomic E-state index is 12.8. The van der Waals surface area contributed by atoms with Gasteiger partial charge in [-0.1, -0.05) is 12.8 Å². The van der Waals surface area contributed by atoms with Crippen LogP contribution < -0.4 is 15.8 Å². The van der Waals surface area contributed by atoms with E-state index >= 15 is 0 Å². The Kier molecular flexibility index (Phi) is 8.45. The number of carbonyl (C=O) groups excluding carboxylic acids is 2. The highest BCUT2D eigenvalue weighted by Gasteiger charge is 2.31. The maximum atomic E-state index is 12.8. The summed E-state index contributed by atoms with van der Waals surface area (Å²) in [6, 6.07) is 1.51. The number of hydrazine groups is 1. The standard InChI is InChI=1S/C23H35N9O3/c1-23(2,3)35-22(34)29-32(16-10-6-7-11-16)20-18-19(27-17(14-24)28-20)31(15-26-18)21(33)25-12-8-9-13-30(4)5/h15-16H,6-13H2,1-5H3,(H,25,33)(H,29,34). The molecule has 35 heavy (non-hydrogen) atoms. The average molecular weight is 486 g/mol. The van der Waals surface area contributed by atoms with Gasteiger partial charge in [-0.25, -0.2) is 24.6 Å². The predicted molar refractivity (Wildman–Crippen MR) is 131 cm³/mol. The summed E-state index contributed by atoms with van der Waals surface area (Å²) >= 11 is 0. The Labute approximate surface area is 205 Å². The largest absolute Gasteiger partial charge is 0.443 e. The second-order valence-corrected chi connectivity index (χ2v) is 9.93. The van der Waals surface area contributed by atoms with Crippen LogP contribution in [0, 0.1) is 11.3 Å². The van der Waals surface area contributed by atoms with E-state index in [4.69, 9.17) is 4.74 Å². The summed E-state index contributed by atoms with van der Waals surface area (Å²) in [6.07, 6.45) is 6.17. The molecular formula is C23H35N9O3. The zero-order valence-corrected chi connectivity index (χ0v) is 21.2. The number of amides is 2. The third kappa shape index (κ3) is 7.02. The summed E-state index contributed by atoms with van der Waals surface area (Å²) in [5, 5.41) is 14.1. The smallest absolute Gasteiger partial charge is 0.426 e. The zero-order valence-electron chi connectivity index (χ0n) is 21.2. The van der Waals surface area contributed by atoms with Crippen molar-refractivity contribution in [3.05, 3.63) is 12.2 Å². The molecule has 2 N–H and O–H groups in total. The van der Waals surface area contributed by atoms with Crippen LogP contribution in [0.1, 0.15) is 65.1 Å². The number of fused-ring (bicyclic) bond motifs is 1. The molecule has 1 saturated carbocycles. The topological polar surface area (TPSA) is 141 Å². The molecule has 0 atom stereocenters. The van der Waals surface area contributed by atoms with Crippen molar-refractivity contribution < 1.29 is 14.3 Å². The number of anilines is 1. The van der Waals surface area contributed by atoms with E-state index in [0.717, 1.165) is 45.1 Å². The normalized spacial score (nSPS) is 14.2. The van der Waals surface area contributed by atoms with Crippen LogP contribution in [-0.4, -0.2) is 75.4 Å². The van der Waals surface area contributed by atoms with E-state index in [9.17, 15) is 14.9 Å². The molecular weight excluding hydrogens is 450 g/mol. The highest BCUT2D eigenvalue weighted by atomic mass is 16.6. The van der Waals surface area contributed by atoms with Crippen molar-refractivity contribution in [2.24, 2.45) is 0 Å². The van der Waals surface area contributed by atoms with Crippen molar-refractivity contribution in [1.29, 1.82) is 5.26 Å². The summed E-state index contributed by atoms with van der Waals surface area (Å²) in [6.45, 7) is 6.79. The van der Waals surface area contributed by atoms with E-state index in [1.54, 1.807) is 25.8 Å². The van der Waals surface area contributed by atoms with Crippen LogP contribution in [-0.2, 0) is 4.74 Å².